The van der Waals surface area contributed by atoms with Gasteiger partial charge in [0.25, 0.3) is 0 Å². The number of Topliss-reactive ketones (excluding diaryl/α,β-unsaturated/α-hetero) is 1. The molecule has 3 fully saturated rings. The van der Waals surface area contributed by atoms with Crippen LogP contribution >= 0.6 is 23.0 Å². The van der Waals surface area contributed by atoms with Crippen LogP contribution in [0.25, 0.3) is 0 Å². The van der Waals surface area contributed by atoms with Gasteiger partial charge in [-0.3, -0.25) is 9.59 Å². The predicted molar refractivity (Wildman–Crippen MR) is 195 cm³/mol. The number of carbonyl (C=O) groups excluding carboxylic acids is 2. The highest BCUT2D eigenvalue weighted by Gasteiger charge is 2.54. The molecule has 0 saturated carbocycles. The number of aliphatic hydroxyl groups is 2. The molecule has 16 atom stereocenters. The molecule has 0 aromatic rings. The smallest absolute Gasteiger partial charge is 0.309 e. The second-order valence-electron chi connectivity index (χ2n) is 16.5. The molecule has 0 radical (unpaired) electrons. The fourth-order valence-electron chi connectivity index (χ4n) is 9.01. The number of ketones is 1. The number of esters is 1. The zero-order chi connectivity index (χ0) is 37.2. The Morgan fingerprint density at radius 2 is 1.57 bits per heavy atom. The highest BCUT2D eigenvalue weighted by Crippen LogP contribution is 2.46. The molecular formula is C37H66INO10. The van der Waals surface area contributed by atoms with Crippen molar-refractivity contribution in [3.8, 4) is 0 Å². The second-order valence-corrected chi connectivity index (χ2v) is 16.9. The molecule has 11 nitrogen and oxygen atoms in total. The van der Waals surface area contributed by atoms with Gasteiger partial charge in [-0.05, 0) is 73.9 Å². The molecule has 3 heterocycles. The maximum Gasteiger partial charge on any atom is 0.309 e. The van der Waals surface area contributed by atoms with Crippen LogP contribution < -0.4 is 0 Å². The number of hydrogen-bond donors (Lipinski definition) is 2. The van der Waals surface area contributed by atoms with E-state index in [1.165, 1.54) is 6.92 Å². The first-order valence-corrected chi connectivity index (χ1v) is 19.1. The number of carbonyl (C=O) groups is 2. The summed E-state index contributed by atoms with van der Waals surface area (Å²) >= 11 is 1.90. The van der Waals surface area contributed by atoms with E-state index in [4.69, 9.17) is 26.8 Å². The number of aliphatic hydroxyl groups excluding tert-OH is 1. The van der Waals surface area contributed by atoms with Gasteiger partial charge >= 0.3 is 5.97 Å². The second kappa shape index (κ2) is 17.1. The van der Waals surface area contributed by atoms with Gasteiger partial charge in [0.05, 0.1) is 42.0 Å². The molecule has 286 valence electrons. The summed E-state index contributed by atoms with van der Waals surface area (Å²) in [5.41, 5.74) is -3.40. The molecule has 12 heteroatoms. The molecule has 0 amide bonds. The summed E-state index contributed by atoms with van der Waals surface area (Å²) < 4.78 is 38.6. The Labute approximate surface area is 309 Å². The first kappa shape index (κ1) is 43.0. The number of ether oxygens (including phenoxy) is 5. The Bertz CT molecular complexity index is 1110. The van der Waals surface area contributed by atoms with Gasteiger partial charge in [0, 0.05) is 50.2 Å². The van der Waals surface area contributed by atoms with E-state index in [1.54, 1.807) is 21.0 Å². The van der Waals surface area contributed by atoms with E-state index >= 15 is 0 Å². The van der Waals surface area contributed by atoms with Gasteiger partial charge in [0.15, 0.2) is 6.29 Å². The van der Waals surface area contributed by atoms with Crippen LogP contribution in [0.1, 0.15) is 108 Å². The van der Waals surface area contributed by atoms with Crippen molar-refractivity contribution in [3.05, 3.63) is 0 Å². The van der Waals surface area contributed by atoms with E-state index in [2.05, 4.69) is 32.8 Å². The van der Waals surface area contributed by atoms with Crippen LogP contribution in [0.15, 0.2) is 0 Å². The van der Waals surface area contributed by atoms with Gasteiger partial charge < -0.3 is 41.9 Å². The van der Waals surface area contributed by atoms with Gasteiger partial charge in [-0.25, -0.2) is 0 Å². The van der Waals surface area contributed by atoms with Crippen LogP contribution in [0.3, 0.4) is 0 Å². The van der Waals surface area contributed by atoms with Crippen molar-refractivity contribution in [3.63, 3.8) is 0 Å². The van der Waals surface area contributed by atoms with E-state index in [0.29, 0.717) is 19.3 Å². The lowest BCUT2D eigenvalue weighted by Gasteiger charge is -2.50. The third-order valence-corrected chi connectivity index (χ3v) is 13.0. The molecule has 0 spiro atoms. The SMILES string of the molecule is CC[C@H]1OC(=O)[C@H](C)C([C@H]2C[C@@](C)(OC)C[C@H](C)O2)[C@H](C)[C@@H](O[C@H]2C[C@@H](N(C)C)C[C@@H](C)O2)[C@](C)(OI)C[C@@H](C)C(=O)[C@H](C)[C@@H](O)[C@]1(C)O. The largest absolute Gasteiger partial charge is 0.459 e. The number of methoxy groups -OCH3 is 1. The molecule has 49 heavy (non-hydrogen) atoms. The van der Waals surface area contributed by atoms with Gasteiger partial charge in [-0.2, -0.15) is 0 Å². The fraction of sp³-hybridized carbons (Fsp3) is 0.946. The Morgan fingerprint density at radius 1 is 0.939 bits per heavy atom. The first-order chi connectivity index (χ1) is 22.6. The van der Waals surface area contributed by atoms with Crippen molar-refractivity contribution in [1.29, 1.82) is 0 Å². The van der Waals surface area contributed by atoms with E-state index in [1.807, 2.05) is 57.6 Å². The van der Waals surface area contributed by atoms with E-state index < -0.39 is 77.1 Å². The average Bonchev–Trinajstić information content (AvgIpc) is 3.03. The van der Waals surface area contributed by atoms with Gasteiger partial charge in [-0.15, -0.1) is 0 Å². The standard InChI is InChI=1S/C37H66INO10/c1-14-28-37(10,43)32(41)25(7)31(40)20(2)17-36(9,49-38)33(48-29-16-26(39(11)12)15-21(3)46-29)23(5)30(24(6)34(42)47-28)27-19-35(8,44-13)18-22(4)45-27/h20-30,32-33,41,43H,14-19H2,1-13H3/t20-,21-,22+,23+,24-,25+,26+,27-,28-,29+,30?,32-,33-,35+,36-,37-/m1/s1. The number of cyclic esters (lactones) is 1. The van der Waals surface area contributed by atoms with Crippen LogP contribution in [0.5, 0.6) is 0 Å². The minimum Gasteiger partial charge on any atom is -0.459 e. The average molecular weight is 812 g/mol. The number of nitrogens with zero attached hydrogens (tertiary/aromatic N) is 1. The summed E-state index contributed by atoms with van der Waals surface area (Å²) in [6, 6.07) is 0.241. The lowest BCUT2D eigenvalue weighted by atomic mass is 9.68. The number of hydrogen-bond acceptors (Lipinski definition) is 11. The van der Waals surface area contributed by atoms with Crippen LogP contribution in [-0.2, 0) is 36.3 Å². The quantitative estimate of drug-likeness (QED) is 0.250. The number of halogens is 1. The van der Waals surface area contributed by atoms with Crippen molar-refractivity contribution >= 4 is 34.8 Å². The molecule has 0 aromatic heterocycles. The summed E-state index contributed by atoms with van der Waals surface area (Å²) in [6.07, 6.45) is -1.07. The summed E-state index contributed by atoms with van der Waals surface area (Å²) in [5.74, 6) is -3.78. The number of rotatable bonds is 7. The minimum atomic E-state index is -1.87. The normalized spacial score (nSPS) is 48.2. The summed E-state index contributed by atoms with van der Waals surface area (Å²) in [7, 11) is 5.82. The van der Waals surface area contributed by atoms with Crippen LogP contribution in [0.2, 0.25) is 0 Å². The molecule has 2 N–H and O–H groups in total. The lowest BCUT2D eigenvalue weighted by Crippen LogP contribution is -2.59. The topological polar surface area (TPSA) is 133 Å². The Hall–Kier alpha value is -0.450. The van der Waals surface area contributed by atoms with Crippen LogP contribution in [-0.4, -0.2) is 114 Å². The molecule has 0 aromatic carbocycles. The molecule has 0 bridgehead atoms. The van der Waals surface area contributed by atoms with Crippen LogP contribution in [0.4, 0.5) is 0 Å². The zero-order valence-electron chi connectivity index (χ0n) is 32.2. The van der Waals surface area contributed by atoms with Gasteiger partial charge in [-0.1, -0.05) is 34.6 Å². The van der Waals surface area contributed by atoms with Gasteiger partial charge in [0.2, 0.25) is 0 Å². The molecule has 1 unspecified atom stereocenters. The van der Waals surface area contributed by atoms with Crippen molar-refractivity contribution < 1.29 is 46.6 Å². The third kappa shape index (κ3) is 9.76. The molecular weight excluding hydrogens is 745 g/mol. The molecule has 0 aliphatic carbocycles. The maximum atomic E-state index is 14.3. The maximum absolute atomic E-state index is 14.3. The summed E-state index contributed by atoms with van der Waals surface area (Å²) in [5, 5.41) is 23.1. The first-order valence-electron chi connectivity index (χ1n) is 18.3. The van der Waals surface area contributed by atoms with E-state index in [0.717, 1.165) is 6.42 Å². The van der Waals surface area contributed by atoms with Gasteiger partial charge in [0.1, 0.15) is 46.1 Å². The van der Waals surface area contributed by atoms with E-state index in [-0.39, 0.29) is 42.8 Å². The molecule has 3 rings (SSSR count). The van der Waals surface area contributed by atoms with Crippen molar-refractivity contribution in [2.75, 3.05) is 21.2 Å². The molecule has 3 aliphatic rings. The Morgan fingerprint density at radius 3 is 2.12 bits per heavy atom. The molecule has 3 saturated heterocycles. The monoisotopic (exact) mass is 811 g/mol. The molecule has 3 aliphatic heterocycles. The Balaban J connectivity index is 2.23. The van der Waals surface area contributed by atoms with Crippen LogP contribution in [0, 0.1) is 29.6 Å². The fourth-order valence-corrected chi connectivity index (χ4v) is 9.44. The highest BCUT2D eigenvalue weighted by atomic mass is 127. The summed E-state index contributed by atoms with van der Waals surface area (Å²) in [6.45, 7) is 18.7. The van der Waals surface area contributed by atoms with Crippen molar-refractivity contribution in [2.45, 2.75) is 174 Å². The van der Waals surface area contributed by atoms with Crippen molar-refractivity contribution in [1.82, 2.24) is 4.90 Å². The Kier molecular flexibility index (Phi) is 15.0. The predicted octanol–water partition coefficient (Wildman–Crippen LogP) is 5.49. The zero-order valence-corrected chi connectivity index (χ0v) is 34.4. The lowest BCUT2D eigenvalue weighted by molar-refractivity contribution is -0.264. The van der Waals surface area contributed by atoms with Crippen molar-refractivity contribution in [2.24, 2.45) is 29.6 Å². The minimum absolute atomic E-state index is 0.0389. The van der Waals surface area contributed by atoms with E-state index in [9.17, 15) is 19.8 Å². The third-order valence-electron chi connectivity index (χ3n) is 12.0. The summed E-state index contributed by atoms with van der Waals surface area (Å²) in [4.78, 5) is 30.4. The highest BCUT2D eigenvalue weighted by molar-refractivity contribution is 14.1.